The van der Waals surface area contributed by atoms with Crippen LogP contribution in [0.3, 0.4) is 0 Å². The molecule has 0 radical (unpaired) electrons. The fourth-order valence-corrected chi connectivity index (χ4v) is 3.69. The number of amides is 1. The highest BCUT2D eigenvalue weighted by Gasteiger charge is 2.45. The summed E-state index contributed by atoms with van der Waals surface area (Å²) >= 11 is 0. The first-order valence-electron chi connectivity index (χ1n) is 7.96. The third-order valence-corrected chi connectivity index (χ3v) is 5.23. The van der Waals surface area contributed by atoms with Gasteiger partial charge in [0, 0.05) is 25.7 Å². The molecule has 2 saturated heterocycles. The number of carbonyl (C=O) groups excluding carboxylic acids is 1. The molecule has 4 heteroatoms. The van der Waals surface area contributed by atoms with Crippen LogP contribution in [-0.2, 0) is 9.53 Å². The van der Waals surface area contributed by atoms with Crippen molar-refractivity contribution in [2.75, 3.05) is 19.6 Å². The van der Waals surface area contributed by atoms with Gasteiger partial charge in [-0.1, -0.05) is 0 Å². The van der Waals surface area contributed by atoms with Crippen LogP contribution in [0.2, 0.25) is 0 Å². The summed E-state index contributed by atoms with van der Waals surface area (Å²) in [5, 5.41) is 3.20. The molecule has 19 heavy (non-hydrogen) atoms. The van der Waals surface area contributed by atoms with Crippen molar-refractivity contribution in [2.45, 2.75) is 56.8 Å². The fraction of sp³-hybridized carbons (Fsp3) is 0.933. The highest BCUT2D eigenvalue weighted by Crippen LogP contribution is 2.36. The van der Waals surface area contributed by atoms with Gasteiger partial charge in [-0.15, -0.1) is 0 Å². The molecule has 0 aromatic rings. The van der Waals surface area contributed by atoms with Crippen LogP contribution in [0.4, 0.5) is 0 Å². The summed E-state index contributed by atoms with van der Waals surface area (Å²) in [4.78, 5) is 14.9. The van der Waals surface area contributed by atoms with E-state index < -0.39 is 0 Å². The zero-order valence-corrected chi connectivity index (χ0v) is 11.5. The van der Waals surface area contributed by atoms with E-state index in [0.29, 0.717) is 12.1 Å². The van der Waals surface area contributed by atoms with Crippen molar-refractivity contribution in [1.29, 1.82) is 0 Å². The van der Waals surface area contributed by atoms with Crippen LogP contribution < -0.4 is 5.32 Å². The van der Waals surface area contributed by atoms with Crippen molar-refractivity contribution in [2.24, 2.45) is 11.8 Å². The van der Waals surface area contributed by atoms with Crippen LogP contribution >= 0.6 is 0 Å². The summed E-state index contributed by atoms with van der Waals surface area (Å²) in [6, 6.07) is 0.454. The summed E-state index contributed by atoms with van der Waals surface area (Å²) in [6.07, 6.45) is 7.80. The Kier molecular flexibility index (Phi) is 3.03. The number of rotatable bonds is 4. The van der Waals surface area contributed by atoms with Gasteiger partial charge in [0.15, 0.2) is 0 Å². The summed E-state index contributed by atoms with van der Waals surface area (Å²) in [6.45, 7) is 3.24. The highest BCUT2D eigenvalue weighted by molar-refractivity contribution is 5.80. The number of hydrogen-bond donors (Lipinski definition) is 1. The summed E-state index contributed by atoms with van der Waals surface area (Å²) < 4.78 is 5.99. The molecule has 1 N–H and O–H groups in total. The molecular formula is C15H24N2O2. The Hall–Kier alpha value is -0.610. The molecule has 1 amide bonds. The second-order valence-corrected chi connectivity index (χ2v) is 6.94. The minimum absolute atomic E-state index is 0.106. The number of hydrogen-bond acceptors (Lipinski definition) is 3. The number of carbonyl (C=O) groups is 1. The van der Waals surface area contributed by atoms with Gasteiger partial charge in [-0.05, 0) is 44.4 Å². The number of morpholine rings is 1. The van der Waals surface area contributed by atoms with Gasteiger partial charge < -0.3 is 10.1 Å². The van der Waals surface area contributed by atoms with Crippen molar-refractivity contribution in [1.82, 2.24) is 10.2 Å². The monoisotopic (exact) mass is 264 g/mol. The summed E-state index contributed by atoms with van der Waals surface area (Å²) in [5.41, 5.74) is 0. The van der Waals surface area contributed by atoms with Crippen molar-refractivity contribution >= 4 is 5.91 Å². The lowest BCUT2D eigenvalue weighted by molar-refractivity contribution is -0.129. The van der Waals surface area contributed by atoms with Crippen molar-refractivity contribution in [3.63, 3.8) is 0 Å². The zero-order chi connectivity index (χ0) is 12.8. The largest absolute Gasteiger partial charge is 0.371 e. The van der Waals surface area contributed by atoms with Crippen molar-refractivity contribution < 1.29 is 9.53 Å². The second kappa shape index (κ2) is 4.74. The molecule has 0 aromatic carbocycles. The number of fused-ring (bicyclic) bond motifs is 2. The average Bonchev–Trinajstić information content (AvgIpc) is 3.09. The van der Waals surface area contributed by atoms with E-state index in [4.69, 9.17) is 4.74 Å². The molecular weight excluding hydrogens is 240 g/mol. The number of nitrogens with zero attached hydrogens (tertiary/aromatic N) is 1. The Balaban J connectivity index is 1.34. The smallest absolute Gasteiger partial charge is 0.226 e. The van der Waals surface area contributed by atoms with E-state index in [-0.39, 0.29) is 17.9 Å². The SMILES string of the molecule is O=C(NC1CCC1)[C@H]1C[C@@H]2CN(CC3CC3)C[C@H]1O2. The summed E-state index contributed by atoms with van der Waals surface area (Å²) in [5.74, 6) is 1.29. The standard InChI is InChI=1S/C15H24N2O2/c18-15(16-11-2-1-3-11)13-6-12-8-17(7-10-4-5-10)9-14(13)19-12/h10-14H,1-9H2,(H,16,18)/t12-,13+,14-/m1/s1. The molecule has 0 aromatic heterocycles. The van der Waals surface area contributed by atoms with E-state index in [9.17, 15) is 4.79 Å². The predicted octanol–water partition coefficient (Wildman–Crippen LogP) is 1.15. The van der Waals surface area contributed by atoms with Gasteiger partial charge in [-0.3, -0.25) is 9.69 Å². The molecule has 2 aliphatic carbocycles. The van der Waals surface area contributed by atoms with E-state index in [2.05, 4.69) is 10.2 Å². The quantitative estimate of drug-likeness (QED) is 0.828. The molecule has 4 aliphatic rings. The third-order valence-electron chi connectivity index (χ3n) is 5.23. The Morgan fingerprint density at radius 2 is 2.05 bits per heavy atom. The number of ether oxygens (including phenoxy) is 1. The molecule has 4 fully saturated rings. The Bertz CT molecular complexity index is 365. The first-order valence-corrected chi connectivity index (χ1v) is 7.96. The normalized spacial score (nSPS) is 39.1. The lowest BCUT2D eigenvalue weighted by Crippen LogP contribution is -2.48. The van der Waals surface area contributed by atoms with Crippen LogP contribution in [0.15, 0.2) is 0 Å². The van der Waals surface area contributed by atoms with Crippen LogP contribution in [0.25, 0.3) is 0 Å². The fourth-order valence-electron chi connectivity index (χ4n) is 3.69. The third kappa shape index (κ3) is 2.52. The molecule has 0 unspecified atom stereocenters. The molecule has 0 spiro atoms. The Morgan fingerprint density at radius 3 is 2.74 bits per heavy atom. The van der Waals surface area contributed by atoms with Crippen LogP contribution in [0.1, 0.15) is 38.5 Å². The molecule has 4 nitrogen and oxygen atoms in total. The van der Waals surface area contributed by atoms with E-state index in [0.717, 1.165) is 25.4 Å². The van der Waals surface area contributed by atoms with Gasteiger partial charge in [-0.2, -0.15) is 0 Å². The zero-order valence-electron chi connectivity index (χ0n) is 11.5. The number of likely N-dealkylation sites (tertiary alicyclic amines) is 1. The molecule has 106 valence electrons. The maximum Gasteiger partial charge on any atom is 0.226 e. The highest BCUT2D eigenvalue weighted by atomic mass is 16.5. The number of nitrogens with one attached hydrogen (secondary N) is 1. The van der Waals surface area contributed by atoms with Gasteiger partial charge in [0.05, 0.1) is 18.1 Å². The van der Waals surface area contributed by atoms with Gasteiger partial charge >= 0.3 is 0 Å². The lowest BCUT2D eigenvalue weighted by Gasteiger charge is -2.33. The molecule has 2 aliphatic heterocycles. The van der Waals surface area contributed by atoms with Gasteiger partial charge in [0.1, 0.15) is 0 Å². The van der Waals surface area contributed by atoms with Gasteiger partial charge in [0.2, 0.25) is 5.91 Å². The molecule has 3 atom stereocenters. The molecule has 4 rings (SSSR count). The van der Waals surface area contributed by atoms with E-state index in [1.807, 2.05) is 0 Å². The molecule has 2 heterocycles. The van der Waals surface area contributed by atoms with E-state index >= 15 is 0 Å². The van der Waals surface area contributed by atoms with Crippen LogP contribution in [0, 0.1) is 11.8 Å². The molecule has 2 bridgehead atoms. The lowest BCUT2D eigenvalue weighted by atomic mass is 9.91. The van der Waals surface area contributed by atoms with Crippen LogP contribution in [-0.4, -0.2) is 48.7 Å². The Morgan fingerprint density at radius 1 is 1.21 bits per heavy atom. The maximum absolute atomic E-state index is 12.3. The average molecular weight is 264 g/mol. The first kappa shape index (κ1) is 12.2. The topological polar surface area (TPSA) is 41.6 Å². The molecule has 2 saturated carbocycles. The van der Waals surface area contributed by atoms with E-state index in [1.54, 1.807) is 0 Å². The predicted molar refractivity (Wildman–Crippen MR) is 71.7 cm³/mol. The van der Waals surface area contributed by atoms with E-state index in [1.165, 1.54) is 38.6 Å². The van der Waals surface area contributed by atoms with Crippen molar-refractivity contribution in [3.8, 4) is 0 Å². The first-order chi connectivity index (χ1) is 9.28. The minimum atomic E-state index is 0.106. The second-order valence-electron chi connectivity index (χ2n) is 6.94. The van der Waals surface area contributed by atoms with Crippen molar-refractivity contribution in [3.05, 3.63) is 0 Å². The van der Waals surface area contributed by atoms with Crippen LogP contribution in [0.5, 0.6) is 0 Å². The summed E-state index contributed by atoms with van der Waals surface area (Å²) in [7, 11) is 0. The van der Waals surface area contributed by atoms with Gasteiger partial charge in [-0.25, -0.2) is 0 Å². The van der Waals surface area contributed by atoms with Gasteiger partial charge in [0.25, 0.3) is 0 Å². The Labute approximate surface area is 114 Å². The minimum Gasteiger partial charge on any atom is -0.371 e. The maximum atomic E-state index is 12.3.